The van der Waals surface area contributed by atoms with Crippen LogP contribution in [0.2, 0.25) is 0 Å². The summed E-state index contributed by atoms with van der Waals surface area (Å²) in [5.74, 6) is -1.82. The minimum Gasteiger partial charge on any atom is -0.350 e. The normalized spacial score (nSPS) is 12.2. The summed E-state index contributed by atoms with van der Waals surface area (Å²) in [4.78, 5) is 11.4. The number of ketones is 1. The second-order valence-corrected chi connectivity index (χ2v) is 4.94. The van der Waals surface area contributed by atoms with Crippen molar-refractivity contribution >= 4 is 22.8 Å². The van der Waals surface area contributed by atoms with Crippen molar-refractivity contribution in [1.29, 1.82) is 0 Å². The maximum absolute atomic E-state index is 12.6. The van der Waals surface area contributed by atoms with Crippen LogP contribution in [0.4, 0.5) is 13.2 Å². The Balaban J connectivity index is 2.54. The van der Waals surface area contributed by atoms with Crippen LogP contribution in [-0.2, 0) is 7.05 Å². The van der Waals surface area contributed by atoms with Gasteiger partial charge < -0.3 is 4.57 Å². The molecule has 0 spiro atoms. The molecular formula is C16H14F3NO. The molecule has 1 aromatic carbocycles. The average Bonchev–Trinajstić information content (AvgIpc) is 2.71. The topological polar surface area (TPSA) is 22.0 Å². The van der Waals surface area contributed by atoms with Crippen molar-refractivity contribution in [2.24, 2.45) is 7.05 Å². The molecule has 0 amide bonds. The number of aryl methyl sites for hydroxylation is 1. The number of hydrogen-bond donors (Lipinski definition) is 0. The monoisotopic (exact) mass is 293 g/mol. The van der Waals surface area contributed by atoms with E-state index in [0.29, 0.717) is 10.9 Å². The summed E-state index contributed by atoms with van der Waals surface area (Å²) >= 11 is 0. The Morgan fingerprint density at radius 1 is 1.33 bits per heavy atom. The van der Waals surface area contributed by atoms with Gasteiger partial charge in [0.15, 0.2) is 0 Å². The van der Waals surface area contributed by atoms with Gasteiger partial charge in [-0.05, 0) is 18.6 Å². The summed E-state index contributed by atoms with van der Waals surface area (Å²) in [6.45, 7) is 5.59. The van der Waals surface area contributed by atoms with Gasteiger partial charge in [-0.25, -0.2) is 0 Å². The fourth-order valence-corrected chi connectivity index (χ4v) is 2.08. The number of alkyl halides is 3. The third-order valence-corrected chi connectivity index (χ3v) is 3.08. The van der Waals surface area contributed by atoms with Gasteiger partial charge >= 0.3 is 6.18 Å². The smallest absolute Gasteiger partial charge is 0.350 e. The molecule has 1 aromatic heterocycles. The first-order valence-electron chi connectivity index (χ1n) is 6.24. The third-order valence-electron chi connectivity index (χ3n) is 3.08. The van der Waals surface area contributed by atoms with Gasteiger partial charge in [0.05, 0.1) is 5.56 Å². The van der Waals surface area contributed by atoms with Gasteiger partial charge in [-0.3, -0.25) is 4.79 Å². The lowest BCUT2D eigenvalue weighted by atomic mass is 10.1. The van der Waals surface area contributed by atoms with Gasteiger partial charge in [0.2, 0.25) is 0 Å². The van der Waals surface area contributed by atoms with Crippen molar-refractivity contribution < 1.29 is 18.0 Å². The van der Waals surface area contributed by atoms with Crippen LogP contribution < -0.4 is 0 Å². The van der Waals surface area contributed by atoms with Gasteiger partial charge in [-0.15, -0.1) is 0 Å². The van der Waals surface area contributed by atoms with Crippen molar-refractivity contribution in [3.63, 3.8) is 0 Å². The molecule has 110 valence electrons. The first kappa shape index (κ1) is 15.1. The summed E-state index contributed by atoms with van der Waals surface area (Å²) in [5, 5.41) is 0.298. The number of rotatable bonds is 3. The standard InChI is InChI=1S/C16H14F3NO/c1-10(2)4-5-11-6-7-12-13(15(21)16(17,18)19)9-20(3)14(12)8-11/h4-9H,1H2,2-3H3/b5-4+. The molecule has 0 aliphatic carbocycles. The van der Waals surface area contributed by atoms with Crippen molar-refractivity contribution in [2.45, 2.75) is 13.1 Å². The zero-order chi connectivity index (χ0) is 15.8. The van der Waals surface area contributed by atoms with E-state index >= 15 is 0 Å². The molecular weight excluding hydrogens is 279 g/mol. The van der Waals surface area contributed by atoms with Crippen molar-refractivity contribution in [3.05, 3.63) is 53.8 Å². The molecule has 2 nitrogen and oxygen atoms in total. The van der Waals surface area contributed by atoms with Crippen molar-refractivity contribution in [3.8, 4) is 0 Å². The van der Waals surface area contributed by atoms with Crippen LogP contribution in [0, 0.1) is 0 Å². The molecule has 5 heteroatoms. The summed E-state index contributed by atoms with van der Waals surface area (Å²) < 4.78 is 39.3. The summed E-state index contributed by atoms with van der Waals surface area (Å²) in [5.41, 5.74) is 1.95. The third kappa shape index (κ3) is 3.07. The van der Waals surface area contributed by atoms with Gasteiger partial charge in [-0.1, -0.05) is 36.4 Å². The van der Waals surface area contributed by atoms with Gasteiger partial charge in [-0.2, -0.15) is 13.2 Å². The Morgan fingerprint density at radius 2 is 2.00 bits per heavy atom. The summed E-state index contributed by atoms with van der Waals surface area (Å²) in [6, 6.07) is 4.95. The van der Waals surface area contributed by atoms with Crippen LogP contribution in [0.15, 0.2) is 42.6 Å². The molecule has 0 aliphatic heterocycles. The van der Waals surface area contributed by atoms with E-state index in [-0.39, 0.29) is 5.56 Å². The van der Waals surface area contributed by atoms with Gasteiger partial charge in [0, 0.05) is 24.1 Å². The Morgan fingerprint density at radius 3 is 2.57 bits per heavy atom. The van der Waals surface area contributed by atoms with E-state index in [1.54, 1.807) is 19.2 Å². The Labute approximate surface area is 120 Å². The number of nitrogens with zero attached hydrogens (tertiary/aromatic N) is 1. The maximum atomic E-state index is 12.6. The Kier molecular flexibility index (Phi) is 3.77. The first-order valence-corrected chi connectivity index (χ1v) is 6.24. The molecule has 0 fully saturated rings. The molecule has 0 saturated heterocycles. The molecule has 0 unspecified atom stereocenters. The molecule has 0 radical (unpaired) electrons. The number of carbonyl (C=O) groups is 1. The lowest BCUT2D eigenvalue weighted by molar-refractivity contribution is -0.0884. The second kappa shape index (κ2) is 5.24. The molecule has 0 saturated carbocycles. The Bertz CT molecular complexity index is 751. The van der Waals surface area contributed by atoms with E-state index in [9.17, 15) is 18.0 Å². The Hall–Kier alpha value is -2.30. The van der Waals surface area contributed by atoms with Crippen LogP contribution in [0.3, 0.4) is 0 Å². The van der Waals surface area contributed by atoms with E-state index in [1.165, 1.54) is 16.8 Å². The van der Waals surface area contributed by atoms with E-state index in [2.05, 4.69) is 6.58 Å². The summed E-state index contributed by atoms with van der Waals surface area (Å²) in [7, 11) is 1.61. The second-order valence-electron chi connectivity index (χ2n) is 4.94. The molecule has 0 bridgehead atoms. The van der Waals surface area contributed by atoms with Crippen LogP contribution in [0.5, 0.6) is 0 Å². The SMILES string of the molecule is C=C(C)/C=C/c1ccc2c(C(=O)C(F)(F)F)cn(C)c2c1. The molecule has 1 heterocycles. The molecule has 0 N–H and O–H groups in total. The highest BCUT2D eigenvalue weighted by Gasteiger charge is 2.40. The average molecular weight is 293 g/mol. The molecule has 0 atom stereocenters. The minimum absolute atomic E-state index is 0.298. The zero-order valence-corrected chi connectivity index (χ0v) is 11.7. The highest BCUT2D eigenvalue weighted by atomic mass is 19.4. The number of fused-ring (bicyclic) bond motifs is 1. The van der Waals surface area contributed by atoms with Crippen LogP contribution in [-0.4, -0.2) is 16.5 Å². The van der Waals surface area contributed by atoms with Crippen LogP contribution >= 0.6 is 0 Å². The number of aromatic nitrogens is 1. The van der Waals surface area contributed by atoms with Gasteiger partial charge in [0.1, 0.15) is 0 Å². The van der Waals surface area contributed by atoms with Crippen molar-refractivity contribution in [2.75, 3.05) is 0 Å². The van der Waals surface area contributed by atoms with Gasteiger partial charge in [0.25, 0.3) is 5.78 Å². The first-order chi connectivity index (χ1) is 9.70. The lowest BCUT2D eigenvalue weighted by Gasteiger charge is -2.03. The highest BCUT2D eigenvalue weighted by molar-refractivity contribution is 6.10. The fraction of sp³-hybridized carbons (Fsp3) is 0.188. The summed E-state index contributed by atoms with van der Waals surface area (Å²) in [6.07, 6.45) is -0.0224. The molecule has 0 aliphatic rings. The maximum Gasteiger partial charge on any atom is 0.454 e. The lowest BCUT2D eigenvalue weighted by Crippen LogP contribution is -2.22. The minimum atomic E-state index is -4.87. The number of benzene rings is 1. The predicted octanol–water partition coefficient (Wildman–Crippen LogP) is 4.51. The highest BCUT2D eigenvalue weighted by Crippen LogP contribution is 2.29. The number of hydrogen-bond acceptors (Lipinski definition) is 1. The molecule has 2 aromatic rings. The number of allylic oxidation sites excluding steroid dienone is 2. The van der Waals surface area contributed by atoms with E-state index in [1.807, 2.05) is 19.1 Å². The van der Waals surface area contributed by atoms with E-state index < -0.39 is 12.0 Å². The molecule has 21 heavy (non-hydrogen) atoms. The molecule has 2 rings (SSSR count). The number of Topliss-reactive ketones (excluding diaryl/α,β-unsaturated/α-hetero) is 1. The van der Waals surface area contributed by atoms with E-state index in [0.717, 1.165) is 11.1 Å². The largest absolute Gasteiger partial charge is 0.454 e. The zero-order valence-electron chi connectivity index (χ0n) is 11.7. The van der Waals surface area contributed by atoms with Crippen LogP contribution in [0.25, 0.3) is 17.0 Å². The van der Waals surface area contributed by atoms with E-state index in [4.69, 9.17) is 0 Å². The fourth-order valence-electron chi connectivity index (χ4n) is 2.08. The number of carbonyl (C=O) groups excluding carboxylic acids is 1. The van der Waals surface area contributed by atoms with Crippen LogP contribution in [0.1, 0.15) is 22.8 Å². The quantitative estimate of drug-likeness (QED) is 0.602. The van der Waals surface area contributed by atoms with Crippen molar-refractivity contribution in [1.82, 2.24) is 4.57 Å². The predicted molar refractivity (Wildman–Crippen MR) is 77.2 cm³/mol. The number of halogens is 3.